The van der Waals surface area contributed by atoms with Gasteiger partial charge in [-0.05, 0) is 36.5 Å². The van der Waals surface area contributed by atoms with Gasteiger partial charge in [0.05, 0.1) is 15.2 Å². The van der Waals surface area contributed by atoms with E-state index in [1.165, 1.54) is 16.7 Å². The Labute approximate surface area is 164 Å². The number of fused-ring (bicyclic) bond motifs is 1. The molecule has 3 aromatic rings. The molecule has 2 aromatic carbocycles. The molecular weight excluding hydrogens is 352 g/mol. The van der Waals surface area contributed by atoms with Crippen LogP contribution in [0.5, 0.6) is 0 Å². The molecule has 1 aromatic heterocycles. The molecule has 140 valence electrons. The van der Waals surface area contributed by atoms with Crippen molar-refractivity contribution in [1.29, 1.82) is 0 Å². The van der Waals surface area contributed by atoms with Crippen molar-refractivity contribution in [1.82, 2.24) is 10.3 Å². The molecule has 1 aliphatic rings. The van der Waals surface area contributed by atoms with Crippen LogP contribution in [-0.4, -0.2) is 17.4 Å². The third-order valence-corrected chi connectivity index (χ3v) is 6.85. The molecular formula is C23H26N2OS. The van der Waals surface area contributed by atoms with Crippen molar-refractivity contribution < 1.29 is 4.79 Å². The lowest BCUT2D eigenvalue weighted by molar-refractivity contribution is -0.126. The zero-order valence-corrected chi connectivity index (χ0v) is 16.5. The van der Waals surface area contributed by atoms with E-state index < -0.39 is 0 Å². The molecule has 1 fully saturated rings. The van der Waals surface area contributed by atoms with Crippen LogP contribution in [0.2, 0.25) is 0 Å². The number of carbonyl (C=O) groups excluding carboxylic acids is 1. The Balaban J connectivity index is 1.46. The number of nitrogens with one attached hydrogen (secondary N) is 1. The molecule has 4 rings (SSSR count). The highest BCUT2D eigenvalue weighted by molar-refractivity contribution is 7.18. The SMILES string of the molecule is C[C@H](CNC(=O)[C@@H]1CCCC[C@H]1c1nc2ccccc2s1)c1ccccc1. The van der Waals surface area contributed by atoms with E-state index >= 15 is 0 Å². The van der Waals surface area contributed by atoms with E-state index in [0.717, 1.165) is 29.8 Å². The zero-order chi connectivity index (χ0) is 18.6. The fourth-order valence-corrected chi connectivity index (χ4v) is 5.24. The van der Waals surface area contributed by atoms with Crippen LogP contribution in [-0.2, 0) is 4.79 Å². The molecule has 0 saturated heterocycles. The third kappa shape index (κ3) is 4.06. The van der Waals surface area contributed by atoms with E-state index in [1.54, 1.807) is 11.3 Å². The minimum atomic E-state index is 0.0438. The number of aromatic nitrogens is 1. The maximum Gasteiger partial charge on any atom is 0.223 e. The van der Waals surface area contributed by atoms with Gasteiger partial charge in [-0.3, -0.25) is 4.79 Å². The van der Waals surface area contributed by atoms with Gasteiger partial charge < -0.3 is 5.32 Å². The van der Waals surface area contributed by atoms with Gasteiger partial charge in [0, 0.05) is 18.4 Å². The number of rotatable bonds is 5. The molecule has 0 radical (unpaired) electrons. The Morgan fingerprint density at radius 3 is 2.67 bits per heavy atom. The number of para-hydroxylation sites is 1. The van der Waals surface area contributed by atoms with Gasteiger partial charge in [-0.1, -0.05) is 62.2 Å². The molecule has 1 heterocycles. The van der Waals surface area contributed by atoms with Gasteiger partial charge in [0.2, 0.25) is 5.91 Å². The minimum Gasteiger partial charge on any atom is -0.355 e. The van der Waals surface area contributed by atoms with Crippen molar-refractivity contribution in [2.24, 2.45) is 5.92 Å². The Kier molecular flexibility index (Phi) is 5.53. The summed E-state index contributed by atoms with van der Waals surface area (Å²) in [7, 11) is 0. The summed E-state index contributed by atoms with van der Waals surface area (Å²) >= 11 is 1.76. The first-order chi connectivity index (χ1) is 13.2. The standard InChI is InChI=1S/C23H26N2OS/c1-16(17-9-3-2-4-10-17)15-24-22(26)18-11-5-6-12-19(18)23-25-20-13-7-8-14-21(20)27-23/h2-4,7-10,13-14,16,18-19H,5-6,11-12,15H2,1H3,(H,24,26)/t16-,18-,19-/m1/s1. The van der Waals surface area contributed by atoms with E-state index in [4.69, 9.17) is 4.98 Å². The molecule has 1 N–H and O–H groups in total. The molecule has 1 saturated carbocycles. The lowest BCUT2D eigenvalue weighted by Crippen LogP contribution is -2.37. The monoisotopic (exact) mass is 378 g/mol. The first kappa shape index (κ1) is 18.2. The van der Waals surface area contributed by atoms with Gasteiger partial charge in [0.25, 0.3) is 0 Å². The normalized spacial score (nSPS) is 21.1. The van der Waals surface area contributed by atoms with E-state index in [-0.39, 0.29) is 17.7 Å². The van der Waals surface area contributed by atoms with Crippen LogP contribution in [0, 0.1) is 5.92 Å². The average molecular weight is 379 g/mol. The molecule has 0 aliphatic heterocycles. The Bertz CT molecular complexity index is 872. The van der Waals surface area contributed by atoms with E-state index in [1.807, 2.05) is 12.1 Å². The summed E-state index contributed by atoms with van der Waals surface area (Å²) in [6.45, 7) is 2.85. The van der Waals surface area contributed by atoms with Crippen LogP contribution < -0.4 is 5.32 Å². The predicted molar refractivity (Wildman–Crippen MR) is 112 cm³/mol. The maximum atomic E-state index is 13.0. The Morgan fingerprint density at radius 1 is 1.11 bits per heavy atom. The topological polar surface area (TPSA) is 42.0 Å². The van der Waals surface area contributed by atoms with E-state index in [9.17, 15) is 4.79 Å². The number of thiazole rings is 1. The van der Waals surface area contributed by atoms with Crippen molar-refractivity contribution in [3.63, 3.8) is 0 Å². The largest absolute Gasteiger partial charge is 0.355 e. The van der Waals surface area contributed by atoms with Crippen LogP contribution in [0.3, 0.4) is 0 Å². The van der Waals surface area contributed by atoms with Gasteiger partial charge >= 0.3 is 0 Å². The highest BCUT2D eigenvalue weighted by atomic mass is 32.1. The fraction of sp³-hybridized carbons (Fsp3) is 0.391. The summed E-state index contributed by atoms with van der Waals surface area (Å²) < 4.78 is 1.22. The van der Waals surface area contributed by atoms with E-state index in [0.29, 0.717) is 12.5 Å². The second-order valence-electron chi connectivity index (χ2n) is 7.57. The molecule has 1 amide bonds. The summed E-state index contributed by atoms with van der Waals surface area (Å²) in [6.07, 6.45) is 4.34. The summed E-state index contributed by atoms with van der Waals surface area (Å²) in [6, 6.07) is 18.7. The van der Waals surface area contributed by atoms with Crippen LogP contribution in [0.15, 0.2) is 54.6 Å². The maximum absolute atomic E-state index is 13.0. The second kappa shape index (κ2) is 8.22. The number of amides is 1. The van der Waals surface area contributed by atoms with Gasteiger partial charge in [-0.2, -0.15) is 0 Å². The third-order valence-electron chi connectivity index (χ3n) is 5.68. The minimum absolute atomic E-state index is 0.0438. The van der Waals surface area contributed by atoms with Crippen molar-refractivity contribution in [2.45, 2.75) is 44.4 Å². The molecule has 0 spiro atoms. The number of nitrogens with zero attached hydrogens (tertiary/aromatic N) is 1. The first-order valence-corrected chi connectivity index (χ1v) is 10.7. The summed E-state index contributed by atoms with van der Waals surface area (Å²) in [5, 5.41) is 4.35. The van der Waals surface area contributed by atoms with Crippen molar-refractivity contribution in [2.75, 3.05) is 6.54 Å². The van der Waals surface area contributed by atoms with Crippen LogP contribution in [0.4, 0.5) is 0 Å². The van der Waals surface area contributed by atoms with Crippen LogP contribution in [0.25, 0.3) is 10.2 Å². The van der Waals surface area contributed by atoms with Gasteiger partial charge in [-0.25, -0.2) is 4.98 Å². The van der Waals surface area contributed by atoms with E-state index in [2.05, 4.69) is 54.7 Å². The highest BCUT2D eigenvalue weighted by Gasteiger charge is 2.34. The summed E-state index contributed by atoms with van der Waals surface area (Å²) in [5.74, 6) is 0.812. The molecule has 0 unspecified atom stereocenters. The molecule has 3 nitrogen and oxygen atoms in total. The fourth-order valence-electron chi connectivity index (χ4n) is 4.07. The number of benzene rings is 2. The van der Waals surface area contributed by atoms with Gasteiger partial charge in [0.1, 0.15) is 0 Å². The number of hydrogen-bond donors (Lipinski definition) is 1. The van der Waals surface area contributed by atoms with Crippen molar-refractivity contribution >= 4 is 27.5 Å². The lowest BCUT2D eigenvalue weighted by Gasteiger charge is -2.29. The molecule has 3 atom stereocenters. The predicted octanol–water partition coefficient (Wildman–Crippen LogP) is 5.49. The molecule has 4 heteroatoms. The number of carbonyl (C=O) groups is 1. The van der Waals surface area contributed by atoms with Gasteiger partial charge in [-0.15, -0.1) is 11.3 Å². The van der Waals surface area contributed by atoms with Crippen LogP contribution in [0.1, 0.15) is 55.0 Å². The Hall–Kier alpha value is -2.20. The molecule has 27 heavy (non-hydrogen) atoms. The number of hydrogen-bond acceptors (Lipinski definition) is 3. The lowest BCUT2D eigenvalue weighted by atomic mass is 9.79. The zero-order valence-electron chi connectivity index (χ0n) is 15.7. The summed E-state index contributed by atoms with van der Waals surface area (Å²) in [4.78, 5) is 17.8. The smallest absolute Gasteiger partial charge is 0.223 e. The summed E-state index contributed by atoms with van der Waals surface area (Å²) in [5.41, 5.74) is 2.32. The van der Waals surface area contributed by atoms with Crippen LogP contribution >= 0.6 is 11.3 Å². The van der Waals surface area contributed by atoms with Crippen molar-refractivity contribution in [3.8, 4) is 0 Å². The first-order valence-electron chi connectivity index (χ1n) is 9.90. The average Bonchev–Trinajstić information content (AvgIpc) is 3.16. The Morgan fingerprint density at radius 2 is 1.85 bits per heavy atom. The second-order valence-corrected chi connectivity index (χ2v) is 8.64. The highest BCUT2D eigenvalue weighted by Crippen LogP contribution is 2.40. The van der Waals surface area contributed by atoms with Gasteiger partial charge in [0.15, 0.2) is 0 Å². The quantitative estimate of drug-likeness (QED) is 0.638. The molecule has 0 bridgehead atoms. The van der Waals surface area contributed by atoms with Crippen molar-refractivity contribution in [3.05, 3.63) is 65.2 Å². The molecule has 1 aliphatic carbocycles.